The highest BCUT2D eigenvalue weighted by molar-refractivity contribution is 6.07. The van der Waals surface area contributed by atoms with Crippen LogP contribution in [0.15, 0.2) is 73.8 Å². The van der Waals surface area contributed by atoms with Gasteiger partial charge in [-0.05, 0) is 87.6 Å². The van der Waals surface area contributed by atoms with Crippen molar-refractivity contribution in [3.8, 4) is 11.5 Å². The molecule has 0 aliphatic carbocycles. The average Bonchev–Trinajstić information content (AvgIpc) is 3.70. The smallest absolute Gasteiger partial charge is 0.253 e. The third kappa shape index (κ3) is 5.93. The Morgan fingerprint density at radius 1 is 0.957 bits per heavy atom. The molecule has 3 aliphatic rings. The number of hydrogen-bond acceptors (Lipinski definition) is 7. The van der Waals surface area contributed by atoms with E-state index in [1.165, 1.54) is 0 Å². The number of carbonyl (C=O) groups is 3. The second-order valence-corrected chi connectivity index (χ2v) is 12.4. The summed E-state index contributed by atoms with van der Waals surface area (Å²) in [4.78, 5) is 49.2. The first-order valence-electron chi connectivity index (χ1n) is 16.6. The molecule has 3 fully saturated rings. The number of amides is 3. The zero-order valence-electron chi connectivity index (χ0n) is 27.7. The van der Waals surface area contributed by atoms with Gasteiger partial charge in [0.05, 0.1) is 31.2 Å². The van der Waals surface area contributed by atoms with Gasteiger partial charge in [-0.1, -0.05) is 19.1 Å². The number of likely N-dealkylation sites (tertiary alicyclic amines) is 1. The summed E-state index contributed by atoms with van der Waals surface area (Å²) in [6.07, 6.45) is 5.84. The molecule has 10 heteroatoms. The Bertz CT molecular complexity index is 1460. The van der Waals surface area contributed by atoms with Gasteiger partial charge >= 0.3 is 0 Å². The minimum Gasteiger partial charge on any atom is -0.497 e. The van der Waals surface area contributed by atoms with Crippen molar-refractivity contribution in [2.45, 2.75) is 63.2 Å². The van der Waals surface area contributed by atoms with E-state index in [-0.39, 0.29) is 44.0 Å². The lowest BCUT2D eigenvalue weighted by Gasteiger charge is -2.37. The minimum atomic E-state index is -1.19. The molecular weight excluding hydrogens is 598 g/mol. The maximum absolute atomic E-state index is 14.8. The SMILES string of the molecule is C=CCN(C(=O)C1N(CCCCO)C(=O)[C@@H]2[C@@H](C(=O)N(CC=C)c3ccc(OCC)cc3)[C@@]3(CC)CCC12O3)c1ccc(OC)cc1. The van der Waals surface area contributed by atoms with Crippen molar-refractivity contribution in [3.63, 3.8) is 0 Å². The van der Waals surface area contributed by atoms with E-state index in [1.54, 1.807) is 58.2 Å². The summed E-state index contributed by atoms with van der Waals surface area (Å²) >= 11 is 0. The highest BCUT2D eigenvalue weighted by Crippen LogP contribution is 2.65. The molecule has 10 nitrogen and oxygen atoms in total. The van der Waals surface area contributed by atoms with Gasteiger partial charge in [-0.3, -0.25) is 14.4 Å². The number of anilines is 2. The van der Waals surface area contributed by atoms with Crippen LogP contribution in [0.3, 0.4) is 0 Å². The number of ether oxygens (including phenoxy) is 3. The molecule has 47 heavy (non-hydrogen) atoms. The van der Waals surface area contributed by atoms with Crippen molar-refractivity contribution in [3.05, 3.63) is 73.8 Å². The first-order chi connectivity index (χ1) is 22.7. The maximum atomic E-state index is 14.8. The zero-order chi connectivity index (χ0) is 33.8. The highest BCUT2D eigenvalue weighted by Gasteiger charge is 2.79. The van der Waals surface area contributed by atoms with E-state index < -0.39 is 29.1 Å². The average molecular weight is 646 g/mol. The van der Waals surface area contributed by atoms with Crippen LogP contribution in [-0.2, 0) is 19.1 Å². The molecule has 3 saturated heterocycles. The molecule has 5 atom stereocenters. The van der Waals surface area contributed by atoms with E-state index in [4.69, 9.17) is 14.2 Å². The lowest BCUT2D eigenvalue weighted by molar-refractivity contribution is -0.146. The number of methoxy groups -OCH3 is 1. The molecule has 1 N–H and O–H groups in total. The van der Waals surface area contributed by atoms with Gasteiger partial charge < -0.3 is 34.0 Å². The molecule has 0 aromatic heterocycles. The lowest BCUT2D eigenvalue weighted by atomic mass is 9.64. The summed E-state index contributed by atoms with van der Waals surface area (Å²) in [6.45, 7) is 12.9. The van der Waals surface area contributed by atoms with Gasteiger partial charge in [-0.15, -0.1) is 13.2 Å². The van der Waals surface area contributed by atoms with Crippen LogP contribution >= 0.6 is 0 Å². The van der Waals surface area contributed by atoms with Crippen molar-refractivity contribution < 1.29 is 33.7 Å². The molecular formula is C37H47N3O7. The number of benzene rings is 2. The fourth-order valence-electron chi connectivity index (χ4n) is 7.88. The van der Waals surface area contributed by atoms with Gasteiger partial charge in [-0.25, -0.2) is 0 Å². The van der Waals surface area contributed by atoms with Crippen molar-refractivity contribution in [2.24, 2.45) is 11.8 Å². The fourth-order valence-corrected chi connectivity index (χ4v) is 7.88. The first-order valence-corrected chi connectivity index (χ1v) is 16.6. The number of aliphatic hydroxyl groups excluding tert-OH is 1. The standard InChI is InChI=1S/C37H47N3O7/c1-6-22-38(26-14-18-29(19-15-26)46-9-4)33(42)30-31-34(43)40(24-10-11-25-41)32(37(31)21-20-36(30,8-3)47-37)35(44)39(23-7-2)27-12-16-28(45-5)17-13-27/h6-7,12-19,30-32,41H,1-2,8-11,20-25H2,3-5H3/t30-,31-,32?,36+,37?/m0/s1. The van der Waals surface area contributed by atoms with Gasteiger partial charge in [0.15, 0.2) is 0 Å². The van der Waals surface area contributed by atoms with E-state index >= 15 is 0 Å². The Hall–Kier alpha value is -4.15. The van der Waals surface area contributed by atoms with E-state index in [0.717, 1.165) is 0 Å². The predicted octanol–water partition coefficient (Wildman–Crippen LogP) is 4.76. The van der Waals surface area contributed by atoms with Crippen LogP contribution < -0.4 is 19.3 Å². The van der Waals surface area contributed by atoms with Gasteiger partial charge in [-0.2, -0.15) is 0 Å². The molecule has 3 aliphatic heterocycles. The van der Waals surface area contributed by atoms with Gasteiger partial charge in [0.1, 0.15) is 23.1 Å². The van der Waals surface area contributed by atoms with E-state index in [1.807, 2.05) is 38.1 Å². The summed E-state index contributed by atoms with van der Waals surface area (Å²) in [5, 5.41) is 9.55. The van der Waals surface area contributed by atoms with E-state index in [9.17, 15) is 19.5 Å². The number of fused-ring (bicyclic) bond motifs is 1. The molecule has 3 amide bonds. The van der Waals surface area contributed by atoms with Crippen molar-refractivity contribution >= 4 is 29.1 Å². The van der Waals surface area contributed by atoms with Gasteiger partial charge in [0.2, 0.25) is 11.8 Å². The summed E-state index contributed by atoms with van der Waals surface area (Å²) in [6, 6.07) is 13.5. The van der Waals surface area contributed by atoms with Crippen LogP contribution in [0, 0.1) is 11.8 Å². The summed E-state index contributed by atoms with van der Waals surface area (Å²) in [5.41, 5.74) is -0.789. The molecule has 0 saturated carbocycles. The highest BCUT2D eigenvalue weighted by atomic mass is 16.5. The number of nitrogens with zero attached hydrogens (tertiary/aromatic N) is 3. The molecule has 1 spiro atoms. The quantitative estimate of drug-likeness (QED) is 0.207. The molecule has 2 unspecified atom stereocenters. The van der Waals surface area contributed by atoms with Gasteiger partial charge in [0.25, 0.3) is 5.91 Å². The largest absolute Gasteiger partial charge is 0.497 e. The number of hydrogen-bond donors (Lipinski definition) is 1. The molecule has 2 aromatic carbocycles. The second kappa shape index (κ2) is 14.3. The molecule has 252 valence electrons. The third-order valence-corrected chi connectivity index (χ3v) is 9.99. The van der Waals surface area contributed by atoms with Crippen LogP contribution in [0.1, 0.15) is 46.0 Å². The fraction of sp³-hybridized carbons (Fsp3) is 0.486. The van der Waals surface area contributed by atoms with Crippen molar-refractivity contribution in [1.82, 2.24) is 4.90 Å². The maximum Gasteiger partial charge on any atom is 0.253 e. The molecule has 0 radical (unpaired) electrons. The summed E-state index contributed by atoms with van der Waals surface area (Å²) < 4.78 is 18.0. The molecule has 2 aromatic rings. The Morgan fingerprint density at radius 2 is 1.55 bits per heavy atom. The predicted molar refractivity (Wildman–Crippen MR) is 181 cm³/mol. The topological polar surface area (TPSA) is 109 Å². The van der Waals surface area contributed by atoms with Crippen LogP contribution in [0.2, 0.25) is 0 Å². The third-order valence-electron chi connectivity index (χ3n) is 9.99. The number of carbonyl (C=O) groups excluding carboxylic acids is 3. The van der Waals surface area contributed by atoms with E-state index in [2.05, 4.69) is 13.2 Å². The number of rotatable bonds is 16. The van der Waals surface area contributed by atoms with E-state index in [0.29, 0.717) is 61.6 Å². The number of aliphatic hydroxyl groups is 1. The monoisotopic (exact) mass is 645 g/mol. The Labute approximate surface area is 277 Å². The van der Waals surface area contributed by atoms with Crippen LogP contribution in [0.25, 0.3) is 0 Å². The van der Waals surface area contributed by atoms with Crippen molar-refractivity contribution in [1.29, 1.82) is 0 Å². The van der Waals surface area contributed by atoms with Crippen molar-refractivity contribution in [2.75, 3.05) is 49.8 Å². The zero-order valence-corrected chi connectivity index (χ0v) is 27.7. The minimum absolute atomic E-state index is 0.0290. The molecule has 3 heterocycles. The second-order valence-electron chi connectivity index (χ2n) is 12.4. The molecule has 2 bridgehead atoms. The first kappa shape index (κ1) is 34.2. The Kier molecular flexibility index (Phi) is 10.4. The normalized spacial score (nSPS) is 25.7. The van der Waals surface area contributed by atoms with Crippen LogP contribution in [0.5, 0.6) is 11.5 Å². The number of unbranched alkanes of at least 4 members (excludes halogenated alkanes) is 1. The van der Waals surface area contributed by atoms with Gasteiger partial charge in [0, 0.05) is 37.6 Å². The molecule has 5 rings (SSSR count). The van der Waals surface area contributed by atoms with Crippen LogP contribution in [-0.4, -0.2) is 84.9 Å². The Balaban J connectivity index is 1.57. The Morgan fingerprint density at radius 3 is 2.09 bits per heavy atom. The summed E-state index contributed by atoms with van der Waals surface area (Å²) in [5.74, 6) is -1.06. The van der Waals surface area contributed by atoms with Crippen LogP contribution in [0.4, 0.5) is 11.4 Å². The lowest BCUT2D eigenvalue weighted by Crippen LogP contribution is -2.56. The summed E-state index contributed by atoms with van der Waals surface area (Å²) in [7, 11) is 1.58.